The topological polar surface area (TPSA) is 78.5 Å². The zero-order valence-electron chi connectivity index (χ0n) is 17.9. The lowest BCUT2D eigenvalue weighted by Gasteiger charge is -2.27. The SMILES string of the molecule is CC(C)C(NC(=O)c1ccccc1Cl)C(=O)Nc1cccc(CN2CCCCC2=O)c1. The number of likely N-dealkylation sites (tertiary alicyclic amines) is 1. The van der Waals surface area contributed by atoms with Gasteiger partial charge in [-0.3, -0.25) is 14.4 Å². The van der Waals surface area contributed by atoms with Gasteiger partial charge >= 0.3 is 0 Å². The lowest BCUT2D eigenvalue weighted by Crippen LogP contribution is -2.47. The van der Waals surface area contributed by atoms with Gasteiger partial charge in [-0.1, -0.05) is 49.7 Å². The first-order chi connectivity index (χ1) is 14.8. The van der Waals surface area contributed by atoms with Crippen LogP contribution in [0.5, 0.6) is 0 Å². The van der Waals surface area contributed by atoms with Crippen molar-refractivity contribution < 1.29 is 14.4 Å². The molecular weight excluding hydrogens is 414 g/mol. The summed E-state index contributed by atoms with van der Waals surface area (Å²) in [5, 5.41) is 6.02. The average Bonchev–Trinajstić information content (AvgIpc) is 2.74. The largest absolute Gasteiger partial charge is 0.340 e. The highest BCUT2D eigenvalue weighted by Gasteiger charge is 2.26. The molecule has 0 bridgehead atoms. The second-order valence-corrected chi connectivity index (χ2v) is 8.54. The van der Waals surface area contributed by atoms with Gasteiger partial charge in [-0.05, 0) is 48.6 Å². The third-order valence-electron chi connectivity index (χ3n) is 5.34. The van der Waals surface area contributed by atoms with Crippen LogP contribution in [0, 0.1) is 5.92 Å². The molecule has 1 atom stereocenters. The number of rotatable bonds is 7. The van der Waals surface area contributed by atoms with E-state index in [4.69, 9.17) is 11.6 Å². The van der Waals surface area contributed by atoms with Crippen molar-refractivity contribution in [2.45, 2.75) is 45.7 Å². The van der Waals surface area contributed by atoms with Crippen molar-refractivity contribution in [2.75, 3.05) is 11.9 Å². The first-order valence-corrected chi connectivity index (χ1v) is 11.0. The summed E-state index contributed by atoms with van der Waals surface area (Å²) in [6.07, 6.45) is 2.56. The van der Waals surface area contributed by atoms with E-state index in [1.165, 1.54) is 0 Å². The van der Waals surface area contributed by atoms with Gasteiger partial charge < -0.3 is 15.5 Å². The fourth-order valence-corrected chi connectivity index (χ4v) is 3.84. The Bertz CT molecular complexity index is 961. The van der Waals surface area contributed by atoms with Crippen LogP contribution in [-0.4, -0.2) is 35.2 Å². The molecule has 0 aliphatic carbocycles. The van der Waals surface area contributed by atoms with Gasteiger partial charge in [-0.2, -0.15) is 0 Å². The van der Waals surface area contributed by atoms with Crippen molar-refractivity contribution in [3.8, 4) is 0 Å². The fourth-order valence-electron chi connectivity index (χ4n) is 3.62. The second kappa shape index (κ2) is 10.4. The van der Waals surface area contributed by atoms with Crippen LogP contribution >= 0.6 is 11.6 Å². The molecule has 1 fully saturated rings. The molecule has 2 aromatic carbocycles. The predicted molar refractivity (Wildman–Crippen MR) is 122 cm³/mol. The molecule has 0 aromatic heterocycles. The number of amides is 3. The number of carbonyl (C=O) groups is 3. The van der Waals surface area contributed by atoms with Gasteiger partial charge in [0.1, 0.15) is 6.04 Å². The Morgan fingerprint density at radius 1 is 1.10 bits per heavy atom. The highest BCUT2D eigenvalue weighted by atomic mass is 35.5. The predicted octanol–water partition coefficient (Wildman–Crippen LogP) is 4.25. The Kier molecular flexibility index (Phi) is 7.69. The van der Waals surface area contributed by atoms with Gasteiger partial charge in [0, 0.05) is 25.2 Å². The molecule has 2 aromatic rings. The van der Waals surface area contributed by atoms with E-state index in [-0.39, 0.29) is 17.7 Å². The molecule has 1 aliphatic rings. The van der Waals surface area contributed by atoms with Gasteiger partial charge in [0.05, 0.1) is 10.6 Å². The van der Waals surface area contributed by atoms with Gasteiger partial charge in [0.25, 0.3) is 5.91 Å². The maximum Gasteiger partial charge on any atom is 0.253 e. The summed E-state index contributed by atoms with van der Waals surface area (Å²) < 4.78 is 0. The molecule has 6 nitrogen and oxygen atoms in total. The summed E-state index contributed by atoms with van der Waals surface area (Å²) in [6, 6.07) is 13.5. The number of nitrogens with zero attached hydrogens (tertiary/aromatic N) is 1. The van der Waals surface area contributed by atoms with E-state index in [2.05, 4.69) is 10.6 Å². The monoisotopic (exact) mass is 441 g/mol. The molecule has 31 heavy (non-hydrogen) atoms. The fraction of sp³-hybridized carbons (Fsp3) is 0.375. The van der Waals surface area contributed by atoms with Crippen LogP contribution in [-0.2, 0) is 16.1 Å². The minimum atomic E-state index is -0.726. The number of benzene rings is 2. The maximum absolute atomic E-state index is 12.9. The van der Waals surface area contributed by atoms with Gasteiger partial charge in [0.2, 0.25) is 11.8 Å². The summed E-state index contributed by atoms with van der Waals surface area (Å²) in [5.74, 6) is -0.651. The maximum atomic E-state index is 12.9. The molecule has 3 amide bonds. The Morgan fingerprint density at radius 2 is 1.87 bits per heavy atom. The first-order valence-electron chi connectivity index (χ1n) is 10.6. The van der Waals surface area contributed by atoms with Crippen LogP contribution in [0.15, 0.2) is 48.5 Å². The summed E-state index contributed by atoms with van der Waals surface area (Å²) in [7, 11) is 0. The zero-order chi connectivity index (χ0) is 22.4. The molecule has 1 unspecified atom stereocenters. The highest BCUT2D eigenvalue weighted by molar-refractivity contribution is 6.33. The molecule has 7 heteroatoms. The van der Waals surface area contributed by atoms with E-state index >= 15 is 0 Å². The highest BCUT2D eigenvalue weighted by Crippen LogP contribution is 2.19. The molecule has 1 heterocycles. The van der Waals surface area contributed by atoms with E-state index in [0.717, 1.165) is 24.9 Å². The summed E-state index contributed by atoms with van der Waals surface area (Å²) in [5.41, 5.74) is 1.91. The second-order valence-electron chi connectivity index (χ2n) is 8.14. The number of piperidine rings is 1. The number of carbonyl (C=O) groups excluding carboxylic acids is 3. The standard InChI is InChI=1S/C24H28ClN3O3/c1-16(2)22(27-23(30)19-10-3-4-11-20(19)25)24(31)26-18-9-7-8-17(14-18)15-28-13-6-5-12-21(28)29/h3-4,7-11,14,16,22H,5-6,12-13,15H2,1-2H3,(H,26,31)(H,27,30). The van der Waals surface area contributed by atoms with E-state index in [0.29, 0.717) is 29.2 Å². The minimum Gasteiger partial charge on any atom is -0.340 e. The van der Waals surface area contributed by atoms with Crippen molar-refractivity contribution >= 4 is 35.0 Å². The van der Waals surface area contributed by atoms with Gasteiger partial charge in [-0.25, -0.2) is 0 Å². The Balaban J connectivity index is 1.67. The third-order valence-corrected chi connectivity index (χ3v) is 5.67. The molecule has 0 spiro atoms. The normalized spacial score (nSPS) is 15.0. The molecule has 0 radical (unpaired) electrons. The van der Waals surface area contributed by atoms with Crippen molar-refractivity contribution in [3.63, 3.8) is 0 Å². The summed E-state index contributed by atoms with van der Waals surface area (Å²) >= 11 is 6.11. The van der Waals surface area contributed by atoms with Crippen LogP contribution < -0.4 is 10.6 Å². The van der Waals surface area contributed by atoms with E-state index < -0.39 is 11.9 Å². The number of hydrogen-bond acceptors (Lipinski definition) is 3. The molecule has 3 rings (SSSR count). The summed E-state index contributed by atoms with van der Waals surface area (Å²) in [4.78, 5) is 39.5. The number of halogens is 1. The summed E-state index contributed by atoms with van der Waals surface area (Å²) in [6.45, 7) is 5.03. The number of hydrogen-bond donors (Lipinski definition) is 2. The zero-order valence-corrected chi connectivity index (χ0v) is 18.6. The lowest BCUT2D eigenvalue weighted by molar-refractivity contribution is -0.133. The van der Waals surface area contributed by atoms with Crippen LogP contribution in [0.2, 0.25) is 5.02 Å². The van der Waals surface area contributed by atoms with Crippen LogP contribution in [0.1, 0.15) is 49.0 Å². The van der Waals surface area contributed by atoms with Crippen molar-refractivity contribution in [1.82, 2.24) is 10.2 Å². The number of nitrogens with one attached hydrogen (secondary N) is 2. The average molecular weight is 442 g/mol. The third kappa shape index (κ3) is 6.07. The van der Waals surface area contributed by atoms with Crippen LogP contribution in [0.3, 0.4) is 0 Å². The molecule has 164 valence electrons. The molecule has 0 saturated carbocycles. The van der Waals surface area contributed by atoms with Crippen molar-refractivity contribution in [2.24, 2.45) is 5.92 Å². The smallest absolute Gasteiger partial charge is 0.253 e. The van der Waals surface area contributed by atoms with E-state index in [9.17, 15) is 14.4 Å². The van der Waals surface area contributed by atoms with E-state index in [1.54, 1.807) is 30.3 Å². The van der Waals surface area contributed by atoms with Crippen LogP contribution in [0.4, 0.5) is 5.69 Å². The minimum absolute atomic E-state index is 0.124. The molecule has 1 saturated heterocycles. The number of anilines is 1. The van der Waals surface area contributed by atoms with Crippen molar-refractivity contribution in [3.05, 3.63) is 64.7 Å². The Hall–Kier alpha value is -2.86. The molecular formula is C24H28ClN3O3. The lowest BCUT2D eigenvalue weighted by atomic mass is 10.0. The quantitative estimate of drug-likeness (QED) is 0.674. The van der Waals surface area contributed by atoms with E-state index in [1.807, 2.05) is 36.9 Å². The molecule has 2 N–H and O–H groups in total. The molecule has 1 aliphatic heterocycles. The van der Waals surface area contributed by atoms with Gasteiger partial charge in [-0.15, -0.1) is 0 Å². The van der Waals surface area contributed by atoms with Gasteiger partial charge in [0.15, 0.2) is 0 Å². The Morgan fingerprint density at radius 3 is 2.58 bits per heavy atom. The van der Waals surface area contributed by atoms with Crippen molar-refractivity contribution in [1.29, 1.82) is 0 Å². The van der Waals surface area contributed by atoms with Crippen LogP contribution in [0.25, 0.3) is 0 Å². The Labute approximate surface area is 188 Å². The first kappa shape index (κ1) is 22.8.